The molecular formula is C22H26ClN5O. The van der Waals surface area contributed by atoms with E-state index in [0.717, 1.165) is 44.0 Å². The average Bonchev–Trinajstić information content (AvgIpc) is 3.21. The van der Waals surface area contributed by atoms with Crippen LogP contribution >= 0.6 is 12.4 Å². The molecular weight excluding hydrogens is 386 g/mol. The predicted octanol–water partition coefficient (Wildman–Crippen LogP) is 2.60. The van der Waals surface area contributed by atoms with Gasteiger partial charge in [0.1, 0.15) is 5.69 Å². The van der Waals surface area contributed by atoms with Crippen molar-refractivity contribution in [2.75, 3.05) is 39.3 Å². The average molecular weight is 412 g/mol. The number of carbonyl (C=O) groups is 1. The highest BCUT2D eigenvalue weighted by molar-refractivity contribution is 5.99. The van der Waals surface area contributed by atoms with Crippen LogP contribution in [0.25, 0.3) is 16.9 Å². The SMILES string of the molecule is Cl.O=C(NCCN1CCNCC1)c1cn(-c2ccccc2)nc1-c1ccccc1. The van der Waals surface area contributed by atoms with Crippen LogP contribution in [0.4, 0.5) is 0 Å². The summed E-state index contributed by atoms with van der Waals surface area (Å²) in [6.45, 7) is 5.56. The highest BCUT2D eigenvalue weighted by Crippen LogP contribution is 2.23. The van der Waals surface area contributed by atoms with E-state index in [4.69, 9.17) is 5.10 Å². The number of nitrogens with zero attached hydrogens (tertiary/aromatic N) is 3. The summed E-state index contributed by atoms with van der Waals surface area (Å²) in [5, 5.41) is 11.1. The zero-order valence-electron chi connectivity index (χ0n) is 16.3. The minimum absolute atomic E-state index is 0. The van der Waals surface area contributed by atoms with Gasteiger partial charge in [-0.05, 0) is 12.1 Å². The molecule has 7 heteroatoms. The second-order valence-corrected chi connectivity index (χ2v) is 6.89. The Labute approximate surface area is 177 Å². The van der Waals surface area contributed by atoms with Gasteiger partial charge in [0.25, 0.3) is 5.91 Å². The maximum absolute atomic E-state index is 12.9. The van der Waals surface area contributed by atoms with Gasteiger partial charge in [-0.3, -0.25) is 9.69 Å². The molecule has 1 aliphatic heterocycles. The Bertz CT molecular complexity index is 907. The molecule has 1 aromatic heterocycles. The van der Waals surface area contributed by atoms with Gasteiger partial charge in [0, 0.05) is 51.0 Å². The highest BCUT2D eigenvalue weighted by atomic mass is 35.5. The topological polar surface area (TPSA) is 62.2 Å². The smallest absolute Gasteiger partial charge is 0.255 e. The molecule has 0 bridgehead atoms. The molecule has 29 heavy (non-hydrogen) atoms. The molecule has 0 aliphatic carbocycles. The number of carbonyl (C=O) groups excluding carboxylic acids is 1. The fraction of sp³-hybridized carbons (Fsp3) is 0.273. The molecule has 0 saturated carbocycles. The van der Waals surface area contributed by atoms with Gasteiger partial charge in [-0.25, -0.2) is 4.68 Å². The lowest BCUT2D eigenvalue weighted by Gasteiger charge is -2.27. The van der Waals surface area contributed by atoms with Crippen molar-refractivity contribution in [3.8, 4) is 16.9 Å². The minimum atomic E-state index is -0.0869. The van der Waals surface area contributed by atoms with Gasteiger partial charge in [0.2, 0.25) is 0 Å². The largest absolute Gasteiger partial charge is 0.351 e. The summed E-state index contributed by atoms with van der Waals surface area (Å²) < 4.78 is 1.77. The zero-order chi connectivity index (χ0) is 19.2. The fourth-order valence-corrected chi connectivity index (χ4v) is 3.42. The van der Waals surface area contributed by atoms with Crippen molar-refractivity contribution in [2.24, 2.45) is 0 Å². The molecule has 0 spiro atoms. The van der Waals surface area contributed by atoms with Crippen LogP contribution in [-0.2, 0) is 0 Å². The predicted molar refractivity (Wildman–Crippen MR) is 118 cm³/mol. The first-order valence-corrected chi connectivity index (χ1v) is 9.73. The van der Waals surface area contributed by atoms with Crippen molar-refractivity contribution in [2.45, 2.75) is 0 Å². The molecule has 4 rings (SSSR count). The lowest BCUT2D eigenvalue weighted by atomic mass is 10.1. The number of nitrogens with one attached hydrogen (secondary N) is 2. The lowest BCUT2D eigenvalue weighted by molar-refractivity contribution is 0.0948. The zero-order valence-corrected chi connectivity index (χ0v) is 17.1. The van der Waals surface area contributed by atoms with Crippen molar-refractivity contribution in [3.05, 3.63) is 72.4 Å². The molecule has 0 unspecified atom stereocenters. The Balaban J connectivity index is 0.00000240. The van der Waals surface area contributed by atoms with Crippen LogP contribution in [0.2, 0.25) is 0 Å². The van der Waals surface area contributed by atoms with E-state index in [1.807, 2.05) is 66.9 Å². The number of aromatic nitrogens is 2. The number of hydrogen-bond acceptors (Lipinski definition) is 4. The van der Waals surface area contributed by atoms with E-state index in [0.29, 0.717) is 17.8 Å². The van der Waals surface area contributed by atoms with E-state index >= 15 is 0 Å². The monoisotopic (exact) mass is 411 g/mol. The normalized spacial score (nSPS) is 14.2. The summed E-state index contributed by atoms with van der Waals surface area (Å²) >= 11 is 0. The maximum atomic E-state index is 12.9. The number of benzene rings is 2. The molecule has 1 saturated heterocycles. The second kappa shape index (κ2) is 10.2. The molecule has 1 aliphatic rings. The van der Waals surface area contributed by atoms with Gasteiger partial charge >= 0.3 is 0 Å². The van der Waals surface area contributed by atoms with E-state index in [-0.39, 0.29) is 18.3 Å². The van der Waals surface area contributed by atoms with Crippen molar-refractivity contribution in [1.82, 2.24) is 25.3 Å². The number of halogens is 1. The van der Waals surface area contributed by atoms with E-state index in [1.54, 1.807) is 4.68 Å². The number of hydrogen-bond donors (Lipinski definition) is 2. The molecule has 2 aromatic carbocycles. The van der Waals surface area contributed by atoms with Gasteiger partial charge in [-0.15, -0.1) is 12.4 Å². The summed E-state index contributed by atoms with van der Waals surface area (Å²) in [4.78, 5) is 15.3. The van der Waals surface area contributed by atoms with Crippen LogP contribution in [0.15, 0.2) is 66.9 Å². The quantitative estimate of drug-likeness (QED) is 0.654. The third-order valence-electron chi connectivity index (χ3n) is 4.95. The molecule has 6 nitrogen and oxygen atoms in total. The van der Waals surface area contributed by atoms with Crippen molar-refractivity contribution >= 4 is 18.3 Å². The first kappa shape index (κ1) is 21.0. The maximum Gasteiger partial charge on any atom is 0.255 e. The van der Waals surface area contributed by atoms with Crippen LogP contribution in [-0.4, -0.2) is 59.9 Å². The molecule has 3 aromatic rings. The Hall–Kier alpha value is -2.67. The third kappa shape index (κ3) is 5.23. The summed E-state index contributed by atoms with van der Waals surface area (Å²) in [6.07, 6.45) is 1.82. The van der Waals surface area contributed by atoms with Crippen LogP contribution in [0, 0.1) is 0 Å². The molecule has 1 amide bonds. The standard InChI is InChI=1S/C22H25N5O.ClH/c28-22(24-13-16-26-14-11-23-12-15-26)20-17-27(19-9-5-2-6-10-19)25-21(20)18-7-3-1-4-8-18;/h1-10,17,23H,11-16H2,(H,24,28);1H. The second-order valence-electron chi connectivity index (χ2n) is 6.89. The van der Waals surface area contributed by atoms with Crippen LogP contribution in [0.3, 0.4) is 0 Å². The number of rotatable bonds is 6. The number of piperazine rings is 1. The van der Waals surface area contributed by atoms with Crippen molar-refractivity contribution in [1.29, 1.82) is 0 Å². The summed E-state index contributed by atoms with van der Waals surface area (Å²) in [5.74, 6) is -0.0869. The number of amides is 1. The van der Waals surface area contributed by atoms with E-state index in [2.05, 4.69) is 15.5 Å². The summed E-state index contributed by atoms with van der Waals surface area (Å²) in [5.41, 5.74) is 3.16. The fourth-order valence-electron chi connectivity index (χ4n) is 3.42. The first-order valence-electron chi connectivity index (χ1n) is 9.73. The van der Waals surface area contributed by atoms with Gasteiger partial charge in [0.15, 0.2) is 0 Å². The van der Waals surface area contributed by atoms with E-state index in [9.17, 15) is 4.79 Å². The Morgan fingerprint density at radius 2 is 1.66 bits per heavy atom. The first-order chi connectivity index (χ1) is 13.8. The summed E-state index contributed by atoms with van der Waals surface area (Å²) in [6, 6.07) is 19.7. The lowest BCUT2D eigenvalue weighted by Crippen LogP contribution is -2.46. The Kier molecular flexibility index (Phi) is 7.41. The molecule has 1 fully saturated rings. The number of para-hydroxylation sites is 1. The minimum Gasteiger partial charge on any atom is -0.351 e. The van der Waals surface area contributed by atoms with Gasteiger partial charge in [-0.2, -0.15) is 5.10 Å². The molecule has 2 heterocycles. The molecule has 0 atom stereocenters. The van der Waals surface area contributed by atoms with Gasteiger partial charge in [-0.1, -0.05) is 48.5 Å². The van der Waals surface area contributed by atoms with Crippen LogP contribution < -0.4 is 10.6 Å². The molecule has 152 valence electrons. The van der Waals surface area contributed by atoms with E-state index in [1.165, 1.54) is 0 Å². The van der Waals surface area contributed by atoms with Crippen LogP contribution in [0.5, 0.6) is 0 Å². The summed E-state index contributed by atoms with van der Waals surface area (Å²) in [7, 11) is 0. The third-order valence-corrected chi connectivity index (χ3v) is 4.95. The van der Waals surface area contributed by atoms with Crippen LogP contribution in [0.1, 0.15) is 10.4 Å². The highest BCUT2D eigenvalue weighted by Gasteiger charge is 2.19. The Morgan fingerprint density at radius 3 is 2.34 bits per heavy atom. The van der Waals surface area contributed by atoms with Gasteiger partial charge < -0.3 is 10.6 Å². The Morgan fingerprint density at radius 1 is 1.00 bits per heavy atom. The van der Waals surface area contributed by atoms with Crippen molar-refractivity contribution in [3.63, 3.8) is 0 Å². The molecule has 0 radical (unpaired) electrons. The van der Waals surface area contributed by atoms with Crippen molar-refractivity contribution < 1.29 is 4.79 Å². The molecule has 2 N–H and O–H groups in total. The van der Waals surface area contributed by atoms with E-state index < -0.39 is 0 Å². The van der Waals surface area contributed by atoms with Gasteiger partial charge in [0.05, 0.1) is 11.3 Å².